The van der Waals surface area contributed by atoms with Gasteiger partial charge in [-0.3, -0.25) is 9.59 Å². The van der Waals surface area contributed by atoms with Gasteiger partial charge in [0.15, 0.2) is 15.1 Å². The Morgan fingerprint density at radius 3 is 2.22 bits per heavy atom. The third-order valence-corrected chi connectivity index (χ3v) is 6.47. The van der Waals surface area contributed by atoms with Crippen molar-refractivity contribution >= 4 is 21.8 Å². The summed E-state index contributed by atoms with van der Waals surface area (Å²) in [6.07, 6.45) is 0.586. The van der Waals surface area contributed by atoms with E-state index >= 15 is 0 Å². The van der Waals surface area contributed by atoms with Crippen molar-refractivity contribution in [3.05, 3.63) is 30.3 Å². The number of sulfone groups is 1. The van der Waals surface area contributed by atoms with Crippen molar-refractivity contribution in [3.8, 4) is 0 Å². The van der Waals surface area contributed by atoms with E-state index in [4.69, 9.17) is 9.47 Å². The van der Waals surface area contributed by atoms with Gasteiger partial charge >= 0.3 is 11.9 Å². The van der Waals surface area contributed by atoms with Crippen molar-refractivity contribution in [1.29, 1.82) is 0 Å². The molecule has 1 fully saturated rings. The predicted molar refractivity (Wildman–Crippen MR) is 82.2 cm³/mol. The number of methoxy groups -OCH3 is 2. The molecular weight excluding hydrogens is 320 g/mol. The highest BCUT2D eigenvalue weighted by atomic mass is 32.2. The molecule has 2 rings (SSSR count). The zero-order chi connectivity index (χ0) is 17.2. The first-order chi connectivity index (χ1) is 10.9. The molecule has 1 aliphatic carbocycles. The van der Waals surface area contributed by atoms with Crippen LogP contribution in [-0.4, -0.2) is 39.8 Å². The van der Waals surface area contributed by atoms with Crippen LogP contribution in [-0.2, 0) is 28.9 Å². The van der Waals surface area contributed by atoms with Crippen LogP contribution in [0.4, 0.5) is 0 Å². The van der Waals surface area contributed by atoms with Gasteiger partial charge in [-0.25, -0.2) is 8.42 Å². The third kappa shape index (κ3) is 3.10. The second kappa shape index (κ2) is 6.70. The second-order valence-corrected chi connectivity index (χ2v) is 7.57. The molecule has 1 saturated carbocycles. The van der Waals surface area contributed by atoms with Gasteiger partial charge in [-0.15, -0.1) is 0 Å². The first-order valence-electron chi connectivity index (χ1n) is 7.34. The predicted octanol–water partition coefficient (Wildman–Crippen LogP) is 1.45. The van der Waals surface area contributed by atoms with Crippen molar-refractivity contribution < 1.29 is 27.5 Å². The molecule has 0 N–H and O–H groups in total. The number of hydrogen-bond acceptors (Lipinski definition) is 6. The maximum absolute atomic E-state index is 12.9. The Morgan fingerprint density at radius 2 is 1.74 bits per heavy atom. The van der Waals surface area contributed by atoms with Gasteiger partial charge in [0.2, 0.25) is 0 Å². The summed E-state index contributed by atoms with van der Waals surface area (Å²) in [6, 6.07) is 7.73. The van der Waals surface area contributed by atoms with E-state index in [1.165, 1.54) is 19.2 Å². The molecule has 4 atom stereocenters. The Kier molecular flexibility index (Phi) is 5.09. The Hall–Kier alpha value is -1.89. The highest BCUT2D eigenvalue weighted by Gasteiger charge is 2.63. The first kappa shape index (κ1) is 17.5. The highest BCUT2D eigenvalue weighted by molar-refractivity contribution is 7.92. The molecule has 0 saturated heterocycles. The summed E-state index contributed by atoms with van der Waals surface area (Å²) in [4.78, 5) is 24.1. The maximum Gasteiger partial charge on any atom is 0.324 e. The fourth-order valence-corrected chi connectivity index (χ4v) is 5.14. The Balaban J connectivity index is 2.44. The van der Waals surface area contributed by atoms with Gasteiger partial charge < -0.3 is 9.47 Å². The number of hydrogen-bond donors (Lipinski definition) is 0. The molecule has 0 aromatic heterocycles. The molecule has 0 spiro atoms. The van der Waals surface area contributed by atoms with E-state index in [1.54, 1.807) is 18.2 Å². The monoisotopic (exact) mass is 340 g/mol. The summed E-state index contributed by atoms with van der Waals surface area (Å²) < 4.78 is 35.2. The Labute approximate surface area is 135 Å². The summed E-state index contributed by atoms with van der Waals surface area (Å²) in [5.41, 5.74) is 0. The van der Waals surface area contributed by atoms with E-state index < -0.39 is 38.9 Å². The van der Waals surface area contributed by atoms with E-state index in [9.17, 15) is 18.0 Å². The summed E-state index contributed by atoms with van der Waals surface area (Å²) in [5, 5.41) is -1.40. The van der Waals surface area contributed by atoms with E-state index in [-0.39, 0.29) is 10.8 Å². The van der Waals surface area contributed by atoms with Crippen LogP contribution in [0.3, 0.4) is 0 Å². The molecule has 0 heterocycles. The van der Waals surface area contributed by atoms with Crippen LogP contribution in [0.1, 0.15) is 13.3 Å². The van der Waals surface area contributed by atoms with Gasteiger partial charge in [0.05, 0.1) is 25.0 Å². The number of benzene rings is 1. The number of carbonyl (C=O) groups excluding carboxylic acids is 2. The summed E-state index contributed by atoms with van der Waals surface area (Å²) in [6.45, 7) is 1.85. The number of rotatable bonds is 6. The molecule has 0 amide bonds. The van der Waals surface area contributed by atoms with Crippen LogP contribution < -0.4 is 0 Å². The molecule has 7 heteroatoms. The zero-order valence-corrected chi connectivity index (χ0v) is 14.1. The lowest BCUT2D eigenvalue weighted by atomic mass is 10.2. The lowest BCUT2D eigenvalue weighted by molar-refractivity contribution is -0.143. The van der Waals surface area contributed by atoms with Crippen LogP contribution in [0.15, 0.2) is 35.2 Å². The van der Waals surface area contributed by atoms with Crippen molar-refractivity contribution in [1.82, 2.24) is 0 Å². The van der Waals surface area contributed by atoms with Crippen molar-refractivity contribution in [2.75, 3.05) is 14.2 Å². The Bertz CT molecular complexity index is 682. The molecule has 1 aliphatic rings. The third-order valence-electron chi connectivity index (χ3n) is 4.36. The lowest BCUT2D eigenvalue weighted by Gasteiger charge is -2.16. The second-order valence-electron chi connectivity index (χ2n) is 5.50. The summed E-state index contributed by atoms with van der Waals surface area (Å²) in [5.74, 6) is -2.74. The average Bonchev–Trinajstić information content (AvgIpc) is 3.28. The van der Waals surface area contributed by atoms with Gasteiger partial charge in [-0.1, -0.05) is 31.5 Å². The van der Waals surface area contributed by atoms with Gasteiger partial charge in [-0.05, 0) is 18.1 Å². The van der Waals surface area contributed by atoms with E-state index in [0.29, 0.717) is 6.42 Å². The normalized spacial score (nSPS) is 24.6. The van der Waals surface area contributed by atoms with E-state index in [1.807, 2.05) is 6.92 Å². The molecular formula is C16H20O6S. The van der Waals surface area contributed by atoms with Crippen LogP contribution in [0, 0.1) is 17.8 Å². The topological polar surface area (TPSA) is 86.7 Å². The largest absolute Gasteiger partial charge is 0.469 e. The first-order valence-corrected chi connectivity index (χ1v) is 8.89. The minimum atomic E-state index is -3.95. The zero-order valence-electron chi connectivity index (χ0n) is 13.3. The van der Waals surface area contributed by atoms with Gasteiger partial charge in [0.25, 0.3) is 0 Å². The highest BCUT2D eigenvalue weighted by Crippen LogP contribution is 2.54. The number of carbonyl (C=O) groups is 2. The molecule has 1 aromatic rings. The minimum Gasteiger partial charge on any atom is -0.469 e. The standard InChI is InChI=1S/C16H20O6S/c1-4-11-12(13(11)15(17)21-2)14(16(18)22-3)23(19,20)10-8-6-5-7-9-10/h5-9,11-14H,4H2,1-3H3/t11-,12+,13+,14?/m1/s1. The lowest BCUT2D eigenvalue weighted by Crippen LogP contribution is -2.35. The molecule has 0 radical (unpaired) electrons. The molecule has 23 heavy (non-hydrogen) atoms. The van der Waals surface area contributed by atoms with Crippen LogP contribution in [0.25, 0.3) is 0 Å². The molecule has 0 aliphatic heterocycles. The van der Waals surface area contributed by atoms with Crippen molar-refractivity contribution in [2.45, 2.75) is 23.5 Å². The van der Waals surface area contributed by atoms with Crippen molar-refractivity contribution in [3.63, 3.8) is 0 Å². The van der Waals surface area contributed by atoms with Crippen LogP contribution in [0.5, 0.6) is 0 Å². The van der Waals surface area contributed by atoms with E-state index in [0.717, 1.165) is 7.11 Å². The summed E-state index contributed by atoms with van der Waals surface area (Å²) in [7, 11) is -1.55. The molecule has 0 bridgehead atoms. The van der Waals surface area contributed by atoms with Gasteiger partial charge in [-0.2, -0.15) is 0 Å². The smallest absolute Gasteiger partial charge is 0.324 e. The quantitative estimate of drug-likeness (QED) is 0.729. The van der Waals surface area contributed by atoms with Crippen LogP contribution in [0.2, 0.25) is 0 Å². The molecule has 1 unspecified atom stereocenters. The van der Waals surface area contributed by atoms with Crippen molar-refractivity contribution in [2.24, 2.45) is 17.8 Å². The molecule has 6 nitrogen and oxygen atoms in total. The van der Waals surface area contributed by atoms with E-state index in [2.05, 4.69) is 0 Å². The molecule has 126 valence electrons. The average molecular weight is 340 g/mol. The maximum atomic E-state index is 12.9. The SMILES string of the molecule is CC[C@H]1[C@H](C(=O)OC)[C@H]1C(C(=O)OC)S(=O)(=O)c1ccccc1. The fraction of sp³-hybridized carbons (Fsp3) is 0.500. The fourth-order valence-electron chi connectivity index (χ4n) is 3.17. The Morgan fingerprint density at radius 1 is 1.13 bits per heavy atom. The summed E-state index contributed by atoms with van der Waals surface area (Å²) >= 11 is 0. The van der Waals surface area contributed by atoms with Gasteiger partial charge in [0.1, 0.15) is 0 Å². The number of ether oxygens (including phenoxy) is 2. The van der Waals surface area contributed by atoms with Crippen LogP contribution >= 0.6 is 0 Å². The minimum absolute atomic E-state index is 0.0424. The molecule has 1 aromatic carbocycles. The number of esters is 2. The van der Waals surface area contributed by atoms with Gasteiger partial charge in [0, 0.05) is 5.92 Å².